The van der Waals surface area contributed by atoms with Crippen LogP contribution in [0, 0.1) is 5.92 Å². The van der Waals surface area contributed by atoms with Crippen LogP contribution >= 0.6 is 12.4 Å². The monoisotopic (exact) mass is 336 g/mol. The number of carbonyl (C=O) groups is 1. The number of rotatable bonds is 4. The summed E-state index contributed by atoms with van der Waals surface area (Å²) in [5, 5.41) is 4.41. The van der Waals surface area contributed by atoms with Crippen molar-refractivity contribution in [2.75, 3.05) is 19.6 Å². The zero-order chi connectivity index (χ0) is 15.5. The Morgan fingerprint density at radius 1 is 1.35 bits per heavy atom. The van der Waals surface area contributed by atoms with Gasteiger partial charge in [0.15, 0.2) is 0 Å². The molecule has 1 amide bonds. The second-order valence-corrected chi connectivity index (χ2v) is 6.01. The highest BCUT2D eigenvalue weighted by Gasteiger charge is 2.29. The van der Waals surface area contributed by atoms with Gasteiger partial charge >= 0.3 is 0 Å². The van der Waals surface area contributed by atoms with E-state index in [4.69, 9.17) is 4.42 Å². The van der Waals surface area contributed by atoms with Gasteiger partial charge in [-0.25, -0.2) is 0 Å². The SMILES string of the molecule is CCN(C(=O)C1CCNCC1)C(C)c1cc2ccccc2o1.Cl. The maximum atomic E-state index is 12.8. The van der Waals surface area contributed by atoms with Gasteiger partial charge in [-0.05, 0) is 51.9 Å². The van der Waals surface area contributed by atoms with Crippen LogP contribution in [0.25, 0.3) is 11.0 Å². The van der Waals surface area contributed by atoms with Crippen molar-refractivity contribution in [2.24, 2.45) is 5.92 Å². The molecule has 3 rings (SSSR count). The summed E-state index contributed by atoms with van der Waals surface area (Å²) in [6, 6.07) is 10.0. The number of fused-ring (bicyclic) bond motifs is 1. The van der Waals surface area contributed by atoms with Gasteiger partial charge < -0.3 is 14.6 Å². The van der Waals surface area contributed by atoms with E-state index in [2.05, 4.69) is 18.3 Å². The molecule has 0 saturated carbocycles. The van der Waals surface area contributed by atoms with E-state index in [0.29, 0.717) is 6.54 Å². The Kier molecular flexibility index (Phi) is 6.08. The Morgan fingerprint density at radius 3 is 2.70 bits per heavy atom. The van der Waals surface area contributed by atoms with Crippen LogP contribution in [0.4, 0.5) is 0 Å². The van der Waals surface area contributed by atoms with Crippen LogP contribution in [0.1, 0.15) is 38.5 Å². The zero-order valence-electron chi connectivity index (χ0n) is 13.7. The second-order valence-electron chi connectivity index (χ2n) is 6.01. The lowest BCUT2D eigenvalue weighted by Crippen LogP contribution is -2.42. The highest BCUT2D eigenvalue weighted by Crippen LogP contribution is 2.29. The summed E-state index contributed by atoms with van der Waals surface area (Å²) in [4.78, 5) is 14.8. The predicted octanol–water partition coefficient (Wildman–Crippen LogP) is 3.76. The molecule has 1 saturated heterocycles. The van der Waals surface area contributed by atoms with Crippen molar-refractivity contribution >= 4 is 29.3 Å². The number of amides is 1. The molecule has 0 radical (unpaired) electrons. The Hall–Kier alpha value is -1.52. The molecule has 1 aliphatic heterocycles. The Bertz CT molecular complexity index is 616. The minimum absolute atomic E-state index is 0. The van der Waals surface area contributed by atoms with E-state index >= 15 is 0 Å². The molecule has 1 N–H and O–H groups in total. The summed E-state index contributed by atoms with van der Waals surface area (Å²) in [6.07, 6.45) is 1.87. The van der Waals surface area contributed by atoms with Gasteiger partial charge in [0.05, 0.1) is 6.04 Å². The van der Waals surface area contributed by atoms with Crippen LogP contribution < -0.4 is 5.32 Å². The molecule has 1 aromatic carbocycles. The van der Waals surface area contributed by atoms with Crippen LogP contribution in [0.3, 0.4) is 0 Å². The summed E-state index contributed by atoms with van der Waals surface area (Å²) in [5.74, 6) is 1.27. The molecular weight excluding hydrogens is 312 g/mol. The van der Waals surface area contributed by atoms with Crippen molar-refractivity contribution in [3.05, 3.63) is 36.1 Å². The van der Waals surface area contributed by atoms with E-state index in [0.717, 1.165) is 42.7 Å². The third-order valence-electron chi connectivity index (χ3n) is 4.64. The van der Waals surface area contributed by atoms with Gasteiger partial charge in [-0.1, -0.05) is 18.2 Å². The van der Waals surface area contributed by atoms with Crippen LogP contribution in [-0.4, -0.2) is 30.4 Å². The second kappa shape index (κ2) is 7.84. The van der Waals surface area contributed by atoms with Gasteiger partial charge in [0.25, 0.3) is 0 Å². The van der Waals surface area contributed by atoms with Crippen molar-refractivity contribution in [3.8, 4) is 0 Å². The minimum Gasteiger partial charge on any atom is -0.459 e. The number of nitrogens with one attached hydrogen (secondary N) is 1. The fraction of sp³-hybridized carbons (Fsp3) is 0.500. The first kappa shape index (κ1) is 17.8. The molecule has 126 valence electrons. The van der Waals surface area contributed by atoms with Crippen molar-refractivity contribution < 1.29 is 9.21 Å². The molecule has 0 spiro atoms. The highest BCUT2D eigenvalue weighted by molar-refractivity contribution is 5.85. The number of hydrogen-bond donors (Lipinski definition) is 1. The number of nitrogens with zero attached hydrogens (tertiary/aromatic N) is 1. The smallest absolute Gasteiger partial charge is 0.226 e. The molecule has 1 unspecified atom stereocenters. The fourth-order valence-corrected chi connectivity index (χ4v) is 3.29. The van der Waals surface area contributed by atoms with Gasteiger partial charge in [0.2, 0.25) is 5.91 Å². The molecule has 1 aliphatic rings. The van der Waals surface area contributed by atoms with E-state index in [1.165, 1.54) is 0 Å². The van der Waals surface area contributed by atoms with Gasteiger partial charge in [0, 0.05) is 17.8 Å². The van der Waals surface area contributed by atoms with E-state index in [9.17, 15) is 4.79 Å². The molecule has 1 aromatic heterocycles. The average Bonchev–Trinajstić information content (AvgIpc) is 3.00. The Labute approximate surface area is 143 Å². The number of halogens is 1. The largest absolute Gasteiger partial charge is 0.459 e. The molecular formula is C18H25ClN2O2. The first-order valence-corrected chi connectivity index (χ1v) is 8.20. The summed E-state index contributed by atoms with van der Waals surface area (Å²) in [5.41, 5.74) is 0.884. The quantitative estimate of drug-likeness (QED) is 0.924. The summed E-state index contributed by atoms with van der Waals surface area (Å²) in [6.45, 7) is 6.68. The van der Waals surface area contributed by atoms with Crippen molar-refractivity contribution in [1.29, 1.82) is 0 Å². The number of para-hydroxylation sites is 1. The van der Waals surface area contributed by atoms with Crippen molar-refractivity contribution in [1.82, 2.24) is 10.2 Å². The summed E-state index contributed by atoms with van der Waals surface area (Å²) in [7, 11) is 0. The molecule has 1 fully saturated rings. The minimum atomic E-state index is -0.0280. The van der Waals surface area contributed by atoms with E-state index in [1.807, 2.05) is 36.1 Å². The van der Waals surface area contributed by atoms with Gasteiger partial charge in [-0.15, -0.1) is 12.4 Å². The Balaban J connectivity index is 0.00000192. The molecule has 2 heterocycles. The predicted molar refractivity (Wildman–Crippen MR) is 94.9 cm³/mol. The first-order valence-electron chi connectivity index (χ1n) is 8.20. The molecule has 2 aromatic rings. The maximum Gasteiger partial charge on any atom is 0.226 e. The molecule has 4 nitrogen and oxygen atoms in total. The molecule has 0 aliphatic carbocycles. The van der Waals surface area contributed by atoms with Crippen LogP contribution in [0.2, 0.25) is 0 Å². The van der Waals surface area contributed by atoms with Crippen LogP contribution in [-0.2, 0) is 4.79 Å². The lowest BCUT2D eigenvalue weighted by molar-refractivity contribution is -0.138. The molecule has 0 bridgehead atoms. The van der Waals surface area contributed by atoms with E-state index < -0.39 is 0 Å². The number of hydrogen-bond acceptors (Lipinski definition) is 3. The fourth-order valence-electron chi connectivity index (χ4n) is 3.29. The van der Waals surface area contributed by atoms with Crippen molar-refractivity contribution in [2.45, 2.75) is 32.7 Å². The topological polar surface area (TPSA) is 45.5 Å². The van der Waals surface area contributed by atoms with Gasteiger partial charge in [-0.2, -0.15) is 0 Å². The van der Waals surface area contributed by atoms with Crippen LogP contribution in [0.15, 0.2) is 34.7 Å². The number of benzene rings is 1. The average molecular weight is 337 g/mol. The highest BCUT2D eigenvalue weighted by atomic mass is 35.5. The normalized spacial score (nSPS) is 16.8. The van der Waals surface area contributed by atoms with Gasteiger partial charge in [-0.3, -0.25) is 4.79 Å². The number of furan rings is 1. The third kappa shape index (κ3) is 3.70. The lowest BCUT2D eigenvalue weighted by atomic mass is 9.95. The zero-order valence-corrected chi connectivity index (χ0v) is 14.6. The first-order chi connectivity index (χ1) is 10.7. The van der Waals surface area contributed by atoms with Crippen LogP contribution in [0.5, 0.6) is 0 Å². The summed E-state index contributed by atoms with van der Waals surface area (Å²) < 4.78 is 5.94. The summed E-state index contributed by atoms with van der Waals surface area (Å²) >= 11 is 0. The molecule has 5 heteroatoms. The van der Waals surface area contributed by atoms with E-state index in [-0.39, 0.29) is 30.3 Å². The number of piperidine rings is 1. The maximum absolute atomic E-state index is 12.8. The molecule has 23 heavy (non-hydrogen) atoms. The van der Waals surface area contributed by atoms with Crippen molar-refractivity contribution in [3.63, 3.8) is 0 Å². The molecule has 1 atom stereocenters. The van der Waals surface area contributed by atoms with Gasteiger partial charge in [0.1, 0.15) is 11.3 Å². The number of carbonyl (C=O) groups excluding carboxylic acids is 1. The van der Waals surface area contributed by atoms with E-state index in [1.54, 1.807) is 0 Å². The standard InChI is InChI=1S/C18H24N2O2.ClH/c1-3-20(18(21)14-8-10-19-11-9-14)13(2)17-12-15-6-4-5-7-16(15)22-17;/h4-7,12-14,19H,3,8-11H2,1-2H3;1H. The lowest BCUT2D eigenvalue weighted by Gasteiger charge is -2.32. The Morgan fingerprint density at radius 2 is 2.04 bits per heavy atom. The third-order valence-corrected chi connectivity index (χ3v) is 4.64.